The second kappa shape index (κ2) is 9.87. The number of aliphatic hydroxyl groups is 1. The molecule has 1 aliphatic heterocycles. The molecule has 4 nitrogen and oxygen atoms in total. The first-order valence-corrected chi connectivity index (χ1v) is 10.5. The highest BCUT2D eigenvalue weighted by atomic mass is 32.2. The Morgan fingerprint density at radius 3 is 2.71 bits per heavy atom. The number of benzene rings is 2. The highest BCUT2D eigenvalue weighted by molar-refractivity contribution is 8.26. The molecule has 1 unspecified atom stereocenters. The van der Waals surface area contributed by atoms with E-state index in [2.05, 4.69) is 12.2 Å². The minimum Gasteiger partial charge on any atom is -0.489 e. The molecule has 1 aliphatic rings. The Morgan fingerprint density at radius 2 is 2.04 bits per heavy atom. The third-order valence-electron chi connectivity index (χ3n) is 4.39. The van der Waals surface area contributed by atoms with E-state index in [1.807, 2.05) is 54.6 Å². The first-order chi connectivity index (χ1) is 13.5. The number of carbonyl (C=O) groups excluding carboxylic acids is 1. The summed E-state index contributed by atoms with van der Waals surface area (Å²) >= 11 is 6.26. The van der Waals surface area contributed by atoms with Gasteiger partial charge in [-0.3, -0.25) is 4.79 Å². The summed E-state index contributed by atoms with van der Waals surface area (Å²) in [7, 11) is 0. The molecule has 0 spiro atoms. The van der Waals surface area contributed by atoms with Crippen LogP contribution in [0.25, 0.3) is 6.08 Å². The summed E-state index contributed by atoms with van der Waals surface area (Å²) in [5, 5.41) is 12.9. The fourth-order valence-corrected chi connectivity index (χ4v) is 3.90. The van der Waals surface area contributed by atoms with Crippen LogP contribution in [0.3, 0.4) is 0 Å². The Hall–Kier alpha value is -2.15. The van der Waals surface area contributed by atoms with Gasteiger partial charge in [-0.1, -0.05) is 74.1 Å². The maximum absolute atomic E-state index is 11.7. The van der Waals surface area contributed by atoms with Gasteiger partial charge in [-0.15, -0.1) is 0 Å². The van der Waals surface area contributed by atoms with E-state index in [-0.39, 0.29) is 5.91 Å². The van der Waals surface area contributed by atoms with Gasteiger partial charge in [0.15, 0.2) is 0 Å². The minimum atomic E-state index is -0.425. The SMILES string of the molecule is CCCCC(O)c1cccc(COc2ccc(/C=C3\SC(=S)NC3=O)cc2)c1. The Labute approximate surface area is 175 Å². The molecule has 0 aliphatic carbocycles. The van der Waals surface area contributed by atoms with Crippen molar-refractivity contribution in [2.45, 2.75) is 38.9 Å². The second-order valence-electron chi connectivity index (χ2n) is 6.61. The molecular weight excluding hydrogens is 390 g/mol. The van der Waals surface area contributed by atoms with Gasteiger partial charge >= 0.3 is 0 Å². The Balaban J connectivity index is 1.59. The maximum atomic E-state index is 11.7. The lowest BCUT2D eigenvalue weighted by Gasteiger charge is -2.12. The predicted molar refractivity (Wildman–Crippen MR) is 118 cm³/mol. The molecular formula is C22H23NO3S2. The number of aliphatic hydroxyl groups excluding tert-OH is 1. The summed E-state index contributed by atoms with van der Waals surface area (Å²) < 4.78 is 6.35. The van der Waals surface area contributed by atoms with Crippen LogP contribution in [0.5, 0.6) is 5.75 Å². The zero-order valence-electron chi connectivity index (χ0n) is 15.7. The molecule has 0 bridgehead atoms. The zero-order chi connectivity index (χ0) is 19.9. The highest BCUT2D eigenvalue weighted by Gasteiger charge is 2.21. The van der Waals surface area contributed by atoms with E-state index in [0.717, 1.165) is 41.7 Å². The van der Waals surface area contributed by atoms with E-state index in [9.17, 15) is 9.90 Å². The van der Waals surface area contributed by atoms with Crippen molar-refractivity contribution in [2.75, 3.05) is 0 Å². The maximum Gasteiger partial charge on any atom is 0.263 e. The molecule has 0 radical (unpaired) electrons. The third kappa shape index (κ3) is 5.67. The van der Waals surface area contributed by atoms with E-state index < -0.39 is 6.10 Å². The van der Waals surface area contributed by atoms with Crippen LogP contribution in [0.15, 0.2) is 53.4 Å². The average Bonchev–Trinajstić information content (AvgIpc) is 3.02. The van der Waals surface area contributed by atoms with Gasteiger partial charge in [-0.05, 0) is 47.4 Å². The van der Waals surface area contributed by atoms with Crippen LogP contribution in [-0.4, -0.2) is 15.3 Å². The third-order valence-corrected chi connectivity index (χ3v) is 5.56. The van der Waals surface area contributed by atoms with Gasteiger partial charge in [0.05, 0.1) is 11.0 Å². The minimum absolute atomic E-state index is 0.156. The average molecular weight is 414 g/mol. The summed E-state index contributed by atoms with van der Waals surface area (Å²) in [6.07, 6.45) is 4.24. The number of ether oxygens (including phenoxy) is 1. The molecule has 2 N–H and O–H groups in total. The van der Waals surface area contributed by atoms with Crippen LogP contribution in [-0.2, 0) is 11.4 Å². The number of nitrogens with one attached hydrogen (secondary N) is 1. The van der Waals surface area contributed by atoms with Crippen molar-refractivity contribution in [2.24, 2.45) is 0 Å². The fraction of sp³-hybridized carbons (Fsp3) is 0.273. The van der Waals surface area contributed by atoms with Crippen molar-refractivity contribution in [3.8, 4) is 5.75 Å². The van der Waals surface area contributed by atoms with Crippen LogP contribution < -0.4 is 10.1 Å². The van der Waals surface area contributed by atoms with Gasteiger partial charge in [0.1, 0.15) is 16.7 Å². The number of rotatable bonds is 8. The van der Waals surface area contributed by atoms with Gasteiger partial charge in [0.2, 0.25) is 0 Å². The first-order valence-electron chi connectivity index (χ1n) is 9.30. The smallest absolute Gasteiger partial charge is 0.263 e. The number of hydrogen-bond acceptors (Lipinski definition) is 5. The van der Waals surface area contributed by atoms with E-state index in [4.69, 9.17) is 17.0 Å². The fourth-order valence-electron chi connectivity index (χ4n) is 2.85. The van der Waals surface area contributed by atoms with Crippen LogP contribution in [0.2, 0.25) is 0 Å². The normalized spacial score (nSPS) is 16.3. The lowest BCUT2D eigenvalue weighted by Crippen LogP contribution is -2.17. The summed E-state index contributed by atoms with van der Waals surface area (Å²) in [4.78, 5) is 12.3. The van der Waals surface area contributed by atoms with Gasteiger partial charge < -0.3 is 15.2 Å². The Morgan fingerprint density at radius 1 is 1.25 bits per heavy atom. The predicted octanol–water partition coefficient (Wildman–Crippen LogP) is 4.98. The molecule has 1 heterocycles. The topological polar surface area (TPSA) is 58.6 Å². The summed E-state index contributed by atoms with van der Waals surface area (Å²) in [6, 6.07) is 15.5. The molecule has 6 heteroatoms. The van der Waals surface area contributed by atoms with Crippen molar-refractivity contribution in [1.82, 2.24) is 5.32 Å². The Kier molecular flexibility index (Phi) is 7.25. The molecule has 146 valence electrons. The Bertz CT molecular complexity index is 878. The number of unbranched alkanes of at least 4 members (excludes halogenated alkanes) is 1. The summed E-state index contributed by atoms with van der Waals surface area (Å²) in [6.45, 7) is 2.55. The van der Waals surface area contributed by atoms with E-state index in [0.29, 0.717) is 15.8 Å². The molecule has 28 heavy (non-hydrogen) atoms. The first kappa shape index (κ1) is 20.6. The molecule has 0 saturated carbocycles. The van der Waals surface area contributed by atoms with Crippen molar-refractivity contribution in [3.05, 3.63) is 70.1 Å². The van der Waals surface area contributed by atoms with Crippen LogP contribution >= 0.6 is 24.0 Å². The van der Waals surface area contributed by atoms with Gasteiger partial charge in [-0.2, -0.15) is 0 Å². The summed E-state index contributed by atoms with van der Waals surface area (Å²) in [5.41, 5.74) is 2.87. The standard InChI is InChI=1S/C22H23NO3S2/c1-2-3-7-19(24)17-6-4-5-16(12-17)14-26-18-10-8-15(9-11-18)13-20-21(25)23-22(27)28-20/h4-6,8-13,19,24H,2-3,7,14H2,1H3,(H,23,25,27)/b20-13-. The molecule has 0 aromatic heterocycles. The van der Waals surface area contributed by atoms with Crippen LogP contribution in [0.1, 0.15) is 49.0 Å². The molecule has 1 atom stereocenters. The highest BCUT2D eigenvalue weighted by Crippen LogP contribution is 2.26. The van der Waals surface area contributed by atoms with Crippen molar-refractivity contribution < 1.29 is 14.6 Å². The van der Waals surface area contributed by atoms with Crippen molar-refractivity contribution in [1.29, 1.82) is 0 Å². The number of thioether (sulfide) groups is 1. The molecule has 1 fully saturated rings. The lowest BCUT2D eigenvalue weighted by atomic mass is 10.0. The van der Waals surface area contributed by atoms with Crippen LogP contribution in [0.4, 0.5) is 0 Å². The molecule has 2 aromatic rings. The van der Waals surface area contributed by atoms with E-state index in [1.165, 1.54) is 11.8 Å². The number of thiocarbonyl (C=S) groups is 1. The monoisotopic (exact) mass is 413 g/mol. The summed E-state index contributed by atoms with van der Waals surface area (Å²) in [5.74, 6) is 0.592. The number of amides is 1. The lowest BCUT2D eigenvalue weighted by molar-refractivity contribution is -0.115. The molecule has 3 rings (SSSR count). The van der Waals surface area contributed by atoms with E-state index in [1.54, 1.807) is 0 Å². The zero-order valence-corrected chi connectivity index (χ0v) is 17.3. The van der Waals surface area contributed by atoms with E-state index >= 15 is 0 Å². The van der Waals surface area contributed by atoms with Crippen molar-refractivity contribution >= 4 is 40.3 Å². The quantitative estimate of drug-likeness (QED) is 0.472. The van der Waals surface area contributed by atoms with Gasteiger partial charge in [-0.25, -0.2) is 0 Å². The van der Waals surface area contributed by atoms with Gasteiger partial charge in [0, 0.05) is 0 Å². The van der Waals surface area contributed by atoms with Crippen LogP contribution in [0, 0.1) is 0 Å². The van der Waals surface area contributed by atoms with Gasteiger partial charge in [0.25, 0.3) is 5.91 Å². The second-order valence-corrected chi connectivity index (χ2v) is 8.33. The molecule has 1 saturated heterocycles. The molecule has 2 aromatic carbocycles. The largest absolute Gasteiger partial charge is 0.489 e. The number of hydrogen-bond donors (Lipinski definition) is 2. The number of carbonyl (C=O) groups is 1. The molecule has 1 amide bonds. The van der Waals surface area contributed by atoms with Crippen molar-refractivity contribution in [3.63, 3.8) is 0 Å².